The van der Waals surface area contributed by atoms with Crippen molar-refractivity contribution in [2.45, 2.75) is 39.2 Å². The molecule has 0 aromatic heterocycles. The molecular formula is C19H23NO5S2. The average molecular weight is 410 g/mol. The molecule has 8 heteroatoms. The van der Waals surface area contributed by atoms with Crippen molar-refractivity contribution in [2.24, 2.45) is 0 Å². The van der Waals surface area contributed by atoms with Crippen LogP contribution in [0.15, 0.2) is 23.1 Å². The molecular weight excluding hydrogens is 386 g/mol. The first kappa shape index (κ1) is 21.2. The number of ether oxygens (including phenoxy) is 2. The van der Waals surface area contributed by atoms with Gasteiger partial charge in [0, 0.05) is 0 Å². The largest absolute Gasteiger partial charge is 0.493 e. The highest BCUT2D eigenvalue weighted by molar-refractivity contribution is 8.26. The normalized spacial score (nSPS) is 16.7. The van der Waals surface area contributed by atoms with Crippen LogP contribution in [0, 0.1) is 0 Å². The fourth-order valence-corrected chi connectivity index (χ4v) is 3.92. The predicted molar refractivity (Wildman–Crippen MR) is 110 cm³/mol. The number of carboxylic acid groups (broad SMARTS) is 1. The Hall–Kier alpha value is -2.06. The van der Waals surface area contributed by atoms with Crippen LogP contribution >= 0.6 is 24.0 Å². The summed E-state index contributed by atoms with van der Waals surface area (Å²) in [5.74, 6) is -0.273. The molecule has 146 valence electrons. The summed E-state index contributed by atoms with van der Waals surface area (Å²) in [5.41, 5.74) is 0.747. The van der Waals surface area contributed by atoms with Crippen LogP contribution in [-0.4, -0.2) is 46.0 Å². The highest BCUT2D eigenvalue weighted by atomic mass is 32.2. The van der Waals surface area contributed by atoms with Crippen molar-refractivity contribution >= 4 is 46.3 Å². The molecule has 0 saturated carbocycles. The van der Waals surface area contributed by atoms with Crippen LogP contribution in [0.1, 0.15) is 38.7 Å². The molecule has 1 fully saturated rings. The summed E-state index contributed by atoms with van der Waals surface area (Å²) in [5, 5.41) is 9.14. The zero-order chi connectivity index (χ0) is 20.0. The maximum Gasteiger partial charge on any atom is 0.326 e. The van der Waals surface area contributed by atoms with Crippen LogP contribution in [0.3, 0.4) is 0 Å². The Balaban J connectivity index is 2.17. The third-order valence-electron chi connectivity index (χ3n) is 4.06. The summed E-state index contributed by atoms with van der Waals surface area (Å²) in [6.45, 7) is 4.19. The van der Waals surface area contributed by atoms with Crippen molar-refractivity contribution in [3.63, 3.8) is 0 Å². The maximum atomic E-state index is 12.5. The molecule has 6 nitrogen and oxygen atoms in total. The quantitative estimate of drug-likeness (QED) is 0.376. The van der Waals surface area contributed by atoms with Crippen molar-refractivity contribution < 1.29 is 24.2 Å². The first-order valence-electron chi connectivity index (χ1n) is 8.69. The van der Waals surface area contributed by atoms with E-state index in [1.165, 1.54) is 6.92 Å². The van der Waals surface area contributed by atoms with E-state index >= 15 is 0 Å². The standard InChI is InChI=1S/C19H23NO5S2/c1-4-5-6-9-25-14-8-7-13(10-15(14)24-3)11-16-17(21)20(19(26)27-16)12(2)18(22)23/h7-8,10-12H,4-6,9H2,1-3H3,(H,22,23). The number of nitrogens with zero attached hydrogens (tertiary/aromatic N) is 1. The van der Waals surface area contributed by atoms with Gasteiger partial charge in [0.25, 0.3) is 5.91 Å². The van der Waals surface area contributed by atoms with Gasteiger partial charge in [-0.15, -0.1) is 0 Å². The number of thiocarbonyl (C=S) groups is 1. The number of aliphatic carboxylic acids is 1. The van der Waals surface area contributed by atoms with Crippen LogP contribution in [0.25, 0.3) is 6.08 Å². The molecule has 1 amide bonds. The summed E-state index contributed by atoms with van der Waals surface area (Å²) in [7, 11) is 1.56. The number of methoxy groups -OCH3 is 1. The fourth-order valence-electron chi connectivity index (χ4n) is 2.50. The van der Waals surface area contributed by atoms with Crippen molar-refractivity contribution in [1.82, 2.24) is 4.90 Å². The summed E-state index contributed by atoms with van der Waals surface area (Å²) in [6.07, 6.45) is 4.89. The summed E-state index contributed by atoms with van der Waals surface area (Å²) in [6, 6.07) is 4.40. The van der Waals surface area contributed by atoms with E-state index in [0.29, 0.717) is 23.0 Å². The van der Waals surface area contributed by atoms with Gasteiger partial charge in [-0.05, 0) is 37.1 Å². The lowest BCUT2D eigenvalue weighted by Crippen LogP contribution is -2.41. The summed E-state index contributed by atoms with van der Waals surface area (Å²) < 4.78 is 11.4. The number of rotatable bonds is 9. The molecule has 1 aliphatic rings. The van der Waals surface area contributed by atoms with E-state index in [1.807, 2.05) is 6.07 Å². The topological polar surface area (TPSA) is 76.1 Å². The van der Waals surface area contributed by atoms with Gasteiger partial charge in [-0.3, -0.25) is 9.69 Å². The Morgan fingerprint density at radius 3 is 2.74 bits per heavy atom. The monoisotopic (exact) mass is 409 g/mol. The Morgan fingerprint density at radius 2 is 2.11 bits per heavy atom. The number of benzene rings is 1. The van der Waals surface area contributed by atoms with Gasteiger partial charge >= 0.3 is 5.97 Å². The minimum Gasteiger partial charge on any atom is -0.493 e. The third-order valence-corrected chi connectivity index (χ3v) is 5.39. The molecule has 0 spiro atoms. The molecule has 1 heterocycles. The Kier molecular flexibility index (Phi) is 7.67. The zero-order valence-electron chi connectivity index (χ0n) is 15.6. The minimum atomic E-state index is -1.10. The maximum absolute atomic E-state index is 12.5. The number of thioether (sulfide) groups is 1. The number of carbonyl (C=O) groups is 2. The molecule has 1 aromatic carbocycles. The molecule has 1 atom stereocenters. The fraction of sp³-hybridized carbons (Fsp3) is 0.421. The van der Waals surface area contributed by atoms with Crippen molar-refractivity contribution in [2.75, 3.05) is 13.7 Å². The molecule has 0 radical (unpaired) electrons. The van der Waals surface area contributed by atoms with E-state index in [4.69, 9.17) is 26.8 Å². The smallest absolute Gasteiger partial charge is 0.326 e. The van der Waals surface area contributed by atoms with Gasteiger partial charge < -0.3 is 14.6 Å². The lowest BCUT2D eigenvalue weighted by atomic mass is 10.1. The summed E-state index contributed by atoms with van der Waals surface area (Å²) in [4.78, 5) is 25.2. The Morgan fingerprint density at radius 1 is 1.37 bits per heavy atom. The number of amides is 1. The van der Waals surface area contributed by atoms with Crippen LogP contribution in [0.4, 0.5) is 0 Å². The number of hydrogen-bond donors (Lipinski definition) is 1. The molecule has 1 saturated heterocycles. The highest BCUT2D eigenvalue weighted by Crippen LogP contribution is 2.35. The first-order valence-corrected chi connectivity index (χ1v) is 9.92. The minimum absolute atomic E-state index is 0.240. The van der Waals surface area contributed by atoms with E-state index in [-0.39, 0.29) is 4.32 Å². The van der Waals surface area contributed by atoms with E-state index in [0.717, 1.165) is 41.5 Å². The second-order valence-electron chi connectivity index (χ2n) is 6.03. The Bertz CT molecular complexity index is 762. The summed E-state index contributed by atoms with van der Waals surface area (Å²) >= 11 is 6.26. The van der Waals surface area contributed by atoms with E-state index in [1.54, 1.807) is 25.3 Å². The molecule has 0 aliphatic carbocycles. The SMILES string of the molecule is CCCCCOc1ccc(C=C2SC(=S)N(C(C)C(=O)O)C2=O)cc1OC. The average Bonchev–Trinajstić information content (AvgIpc) is 2.92. The van der Waals surface area contributed by atoms with Gasteiger partial charge in [0.1, 0.15) is 10.4 Å². The molecule has 0 bridgehead atoms. The van der Waals surface area contributed by atoms with Crippen molar-refractivity contribution in [3.8, 4) is 11.5 Å². The Labute approximate surface area is 168 Å². The number of unbranched alkanes of at least 4 members (excludes halogenated alkanes) is 2. The molecule has 1 aromatic rings. The van der Waals surface area contributed by atoms with Gasteiger partial charge in [0.15, 0.2) is 11.5 Å². The third kappa shape index (κ3) is 5.23. The van der Waals surface area contributed by atoms with E-state index < -0.39 is 17.9 Å². The number of carbonyl (C=O) groups excluding carboxylic acids is 1. The lowest BCUT2D eigenvalue weighted by molar-refractivity contribution is -0.144. The second-order valence-corrected chi connectivity index (χ2v) is 7.71. The van der Waals surface area contributed by atoms with Crippen LogP contribution in [0.2, 0.25) is 0 Å². The number of carboxylic acids is 1. The second kappa shape index (κ2) is 9.75. The number of hydrogen-bond acceptors (Lipinski definition) is 6. The van der Waals surface area contributed by atoms with Gasteiger partial charge in [0.2, 0.25) is 0 Å². The molecule has 1 N–H and O–H groups in total. The first-order chi connectivity index (χ1) is 12.9. The molecule has 2 rings (SSSR count). The molecule has 1 aliphatic heterocycles. The van der Waals surface area contributed by atoms with Crippen LogP contribution in [-0.2, 0) is 9.59 Å². The van der Waals surface area contributed by atoms with Gasteiger partial charge in [-0.25, -0.2) is 4.79 Å². The lowest BCUT2D eigenvalue weighted by Gasteiger charge is -2.18. The van der Waals surface area contributed by atoms with Gasteiger partial charge in [0.05, 0.1) is 18.6 Å². The van der Waals surface area contributed by atoms with Crippen LogP contribution in [0.5, 0.6) is 11.5 Å². The van der Waals surface area contributed by atoms with E-state index in [9.17, 15) is 9.59 Å². The van der Waals surface area contributed by atoms with Gasteiger partial charge in [-0.1, -0.05) is 49.8 Å². The zero-order valence-corrected chi connectivity index (χ0v) is 17.2. The van der Waals surface area contributed by atoms with Gasteiger partial charge in [-0.2, -0.15) is 0 Å². The molecule has 27 heavy (non-hydrogen) atoms. The van der Waals surface area contributed by atoms with Crippen LogP contribution < -0.4 is 9.47 Å². The predicted octanol–water partition coefficient (Wildman–Crippen LogP) is 3.94. The van der Waals surface area contributed by atoms with E-state index in [2.05, 4.69) is 6.92 Å². The molecule has 1 unspecified atom stereocenters. The van der Waals surface area contributed by atoms with Crippen molar-refractivity contribution in [1.29, 1.82) is 0 Å². The van der Waals surface area contributed by atoms with Crippen molar-refractivity contribution in [3.05, 3.63) is 28.7 Å². The highest BCUT2D eigenvalue weighted by Gasteiger charge is 2.38.